The molecule has 3 amide bonds. The number of hydrogen-bond donors (Lipinski definition) is 2. The largest absolute Gasteiger partial charge is 0.325 e. The number of nitrogens with zero attached hydrogens (tertiary/aromatic N) is 3. The van der Waals surface area contributed by atoms with Crippen LogP contribution in [0.4, 0.5) is 10.5 Å². The van der Waals surface area contributed by atoms with Crippen molar-refractivity contribution in [3.05, 3.63) is 59.2 Å². The second-order valence-electron chi connectivity index (χ2n) is 7.44. The molecule has 0 spiro atoms. The summed E-state index contributed by atoms with van der Waals surface area (Å²) in [6.45, 7) is 8.76. The Bertz CT molecular complexity index is 1090. The minimum Gasteiger partial charge on any atom is -0.307 e. The Kier molecular flexibility index (Phi) is 7.46. The standard InChI is InChI=1S/C23H27N5O2S/c1-5-11-28-21(18-8-6-7-15(2)13-18)26-27-23(28)31-14-20(29)25-22(30)24-19-10-9-16(3)12-17(19)4/h6-10,12-13H,5,11,14H2,1-4H3,(H2,24,25,29,30). The Morgan fingerprint density at radius 2 is 1.81 bits per heavy atom. The van der Waals surface area contributed by atoms with Crippen molar-refractivity contribution in [2.75, 3.05) is 11.1 Å². The monoisotopic (exact) mass is 437 g/mol. The van der Waals surface area contributed by atoms with Crippen molar-refractivity contribution in [2.45, 2.75) is 45.8 Å². The number of hydrogen-bond acceptors (Lipinski definition) is 5. The van der Waals surface area contributed by atoms with Gasteiger partial charge in [-0.25, -0.2) is 4.79 Å². The van der Waals surface area contributed by atoms with Crippen molar-refractivity contribution in [2.24, 2.45) is 0 Å². The number of benzene rings is 2. The molecule has 1 heterocycles. The number of amides is 3. The zero-order valence-electron chi connectivity index (χ0n) is 18.2. The first-order chi connectivity index (χ1) is 14.9. The molecule has 0 atom stereocenters. The molecule has 0 saturated heterocycles. The van der Waals surface area contributed by atoms with Crippen LogP contribution in [0.25, 0.3) is 11.4 Å². The summed E-state index contributed by atoms with van der Waals surface area (Å²) in [5, 5.41) is 14.4. The zero-order valence-corrected chi connectivity index (χ0v) is 19.0. The normalized spacial score (nSPS) is 10.7. The molecule has 3 rings (SSSR count). The molecular formula is C23H27N5O2S. The van der Waals surface area contributed by atoms with Gasteiger partial charge >= 0.3 is 6.03 Å². The number of urea groups is 1. The van der Waals surface area contributed by atoms with Gasteiger partial charge in [-0.1, -0.05) is 60.1 Å². The SMILES string of the molecule is CCCn1c(SCC(=O)NC(=O)Nc2ccc(C)cc2C)nnc1-c1cccc(C)c1. The molecular weight excluding hydrogens is 410 g/mol. The van der Waals surface area contributed by atoms with Crippen LogP contribution in [-0.2, 0) is 11.3 Å². The van der Waals surface area contributed by atoms with Crippen molar-refractivity contribution >= 4 is 29.4 Å². The zero-order chi connectivity index (χ0) is 22.4. The molecule has 1 aromatic heterocycles. The van der Waals surface area contributed by atoms with Crippen LogP contribution in [0.1, 0.15) is 30.0 Å². The minimum absolute atomic E-state index is 0.0654. The predicted octanol–water partition coefficient (Wildman–Crippen LogP) is 4.72. The molecule has 7 nitrogen and oxygen atoms in total. The van der Waals surface area contributed by atoms with Crippen LogP contribution in [0.5, 0.6) is 0 Å². The molecule has 0 bridgehead atoms. The first-order valence-electron chi connectivity index (χ1n) is 10.2. The molecule has 0 aliphatic carbocycles. The van der Waals surface area contributed by atoms with Crippen LogP contribution in [0, 0.1) is 20.8 Å². The second-order valence-corrected chi connectivity index (χ2v) is 8.38. The molecule has 0 unspecified atom stereocenters. The molecule has 3 aromatic rings. The lowest BCUT2D eigenvalue weighted by atomic mass is 10.1. The van der Waals surface area contributed by atoms with E-state index in [9.17, 15) is 9.59 Å². The number of imide groups is 1. The van der Waals surface area contributed by atoms with E-state index < -0.39 is 11.9 Å². The topological polar surface area (TPSA) is 88.9 Å². The van der Waals surface area contributed by atoms with Crippen LogP contribution in [0.15, 0.2) is 47.6 Å². The van der Waals surface area contributed by atoms with Gasteiger partial charge < -0.3 is 9.88 Å². The van der Waals surface area contributed by atoms with E-state index in [1.165, 1.54) is 11.8 Å². The number of aryl methyl sites for hydroxylation is 3. The van der Waals surface area contributed by atoms with Crippen LogP contribution in [0.2, 0.25) is 0 Å². The predicted molar refractivity (Wildman–Crippen MR) is 124 cm³/mol. The minimum atomic E-state index is -0.548. The quantitative estimate of drug-likeness (QED) is 0.522. The number of thioether (sulfide) groups is 1. The Balaban J connectivity index is 1.62. The van der Waals surface area contributed by atoms with E-state index in [-0.39, 0.29) is 5.75 Å². The van der Waals surface area contributed by atoms with Crippen LogP contribution in [-0.4, -0.2) is 32.5 Å². The van der Waals surface area contributed by atoms with E-state index >= 15 is 0 Å². The molecule has 0 aliphatic heterocycles. The highest BCUT2D eigenvalue weighted by molar-refractivity contribution is 7.99. The Morgan fingerprint density at radius 1 is 1.03 bits per heavy atom. The highest BCUT2D eigenvalue weighted by Gasteiger charge is 2.16. The van der Waals surface area contributed by atoms with Crippen molar-refractivity contribution in [1.29, 1.82) is 0 Å². The maximum atomic E-state index is 12.3. The van der Waals surface area contributed by atoms with Gasteiger partial charge in [0.1, 0.15) is 0 Å². The smallest absolute Gasteiger partial charge is 0.307 e. The highest BCUT2D eigenvalue weighted by atomic mass is 32.2. The summed E-state index contributed by atoms with van der Waals surface area (Å²) in [5.41, 5.74) is 4.86. The van der Waals surface area contributed by atoms with Gasteiger partial charge in [-0.15, -0.1) is 10.2 Å². The van der Waals surface area contributed by atoms with Crippen LogP contribution < -0.4 is 10.6 Å². The van der Waals surface area contributed by atoms with E-state index in [0.29, 0.717) is 10.8 Å². The van der Waals surface area contributed by atoms with Gasteiger partial charge in [-0.2, -0.15) is 0 Å². The molecule has 31 heavy (non-hydrogen) atoms. The molecule has 2 N–H and O–H groups in total. The van der Waals surface area contributed by atoms with E-state index in [4.69, 9.17) is 0 Å². The van der Waals surface area contributed by atoms with Gasteiger partial charge in [-0.05, 0) is 44.9 Å². The summed E-state index contributed by atoms with van der Waals surface area (Å²) < 4.78 is 2.02. The first kappa shape index (κ1) is 22.6. The third-order valence-corrected chi connectivity index (χ3v) is 5.62. The van der Waals surface area contributed by atoms with E-state index in [1.54, 1.807) is 0 Å². The fourth-order valence-electron chi connectivity index (χ4n) is 3.22. The summed E-state index contributed by atoms with van der Waals surface area (Å²) in [4.78, 5) is 24.5. The summed E-state index contributed by atoms with van der Waals surface area (Å²) in [7, 11) is 0. The van der Waals surface area contributed by atoms with Crippen molar-refractivity contribution in [1.82, 2.24) is 20.1 Å². The fraction of sp³-hybridized carbons (Fsp3) is 0.304. The van der Waals surface area contributed by atoms with E-state index in [2.05, 4.69) is 33.8 Å². The van der Waals surface area contributed by atoms with Crippen LogP contribution >= 0.6 is 11.8 Å². The van der Waals surface area contributed by atoms with E-state index in [0.717, 1.165) is 41.0 Å². The average Bonchev–Trinajstić information content (AvgIpc) is 3.11. The Hall–Kier alpha value is -3.13. The summed E-state index contributed by atoms with van der Waals surface area (Å²) in [5.74, 6) is 0.451. The summed E-state index contributed by atoms with van der Waals surface area (Å²) >= 11 is 1.27. The van der Waals surface area contributed by atoms with Crippen molar-refractivity contribution in [3.8, 4) is 11.4 Å². The van der Waals surface area contributed by atoms with Gasteiger partial charge in [0.2, 0.25) is 5.91 Å². The summed E-state index contributed by atoms with van der Waals surface area (Å²) in [6.07, 6.45) is 0.912. The third kappa shape index (κ3) is 5.95. The number of carbonyl (C=O) groups is 2. The third-order valence-electron chi connectivity index (χ3n) is 4.66. The van der Waals surface area contributed by atoms with Crippen molar-refractivity contribution < 1.29 is 9.59 Å². The molecule has 0 radical (unpaired) electrons. The number of aromatic nitrogens is 3. The van der Waals surface area contributed by atoms with Gasteiger partial charge in [0.15, 0.2) is 11.0 Å². The first-order valence-corrected chi connectivity index (χ1v) is 11.2. The summed E-state index contributed by atoms with van der Waals surface area (Å²) in [6, 6.07) is 13.2. The number of nitrogens with one attached hydrogen (secondary N) is 2. The van der Waals surface area contributed by atoms with Gasteiger partial charge in [-0.3, -0.25) is 10.1 Å². The second kappa shape index (κ2) is 10.3. The van der Waals surface area contributed by atoms with E-state index in [1.807, 2.05) is 61.7 Å². The molecule has 0 fully saturated rings. The van der Waals surface area contributed by atoms with Gasteiger partial charge in [0, 0.05) is 17.8 Å². The molecule has 162 valence electrons. The Labute approximate surface area is 186 Å². The highest BCUT2D eigenvalue weighted by Crippen LogP contribution is 2.25. The average molecular weight is 438 g/mol. The van der Waals surface area contributed by atoms with Gasteiger partial charge in [0.25, 0.3) is 0 Å². The lowest BCUT2D eigenvalue weighted by Crippen LogP contribution is -2.35. The molecule has 8 heteroatoms. The molecule has 0 saturated carbocycles. The number of anilines is 1. The Morgan fingerprint density at radius 3 is 2.52 bits per heavy atom. The maximum absolute atomic E-state index is 12.3. The number of rotatable bonds is 7. The maximum Gasteiger partial charge on any atom is 0.325 e. The van der Waals surface area contributed by atoms with Crippen molar-refractivity contribution in [3.63, 3.8) is 0 Å². The lowest BCUT2D eigenvalue weighted by molar-refractivity contribution is -0.117. The lowest BCUT2D eigenvalue weighted by Gasteiger charge is -2.11. The van der Waals surface area contributed by atoms with Gasteiger partial charge in [0.05, 0.1) is 5.75 Å². The number of carbonyl (C=O) groups excluding carboxylic acids is 2. The van der Waals surface area contributed by atoms with Crippen LogP contribution in [0.3, 0.4) is 0 Å². The molecule has 2 aromatic carbocycles. The molecule has 0 aliphatic rings. The fourth-order valence-corrected chi connectivity index (χ4v) is 3.98.